The van der Waals surface area contributed by atoms with Crippen LogP contribution in [0.4, 0.5) is 0 Å². The van der Waals surface area contributed by atoms with E-state index >= 15 is 0 Å². The number of hydrogen-bond donors (Lipinski definition) is 1. The second kappa shape index (κ2) is 11.6. The van der Waals surface area contributed by atoms with Gasteiger partial charge >= 0.3 is 0 Å². The molecule has 31 heavy (non-hydrogen) atoms. The molecule has 8 nitrogen and oxygen atoms in total. The standard InChI is InChI=1S/C21H24ClN5O3S/c1-3-29-18-10-9-15(13-19(18)30-4-2)11-12-23-20(28)14-31-21-24-25-26-27(21)17-8-6-5-7-16(17)22/h5-10,13H,3-4,11-12,14H2,1-2H3,(H,23,28). The number of halogens is 1. The number of tetrazole rings is 1. The first kappa shape index (κ1) is 22.9. The summed E-state index contributed by atoms with van der Waals surface area (Å²) >= 11 is 7.46. The number of hydrogen-bond acceptors (Lipinski definition) is 7. The number of benzene rings is 2. The van der Waals surface area contributed by atoms with E-state index in [9.17, 15) is 4.79 Å². The lowest BCUT2D eigenvalue weighted by molar-refractivity contribution is -0.118. The van der Waals surface area contributed by atoms with Crippen LogP contribution in [-0.4, -0.2) is 51.6 Å². The number of nitrogens with zero attached hydrogens (tertiary/aromatic N) is 4. The van der Waals surface area contributed by atoms with Crippen LogP contribution in [0, 0.1) is 0 Å². The Hall–Kier alpha value is -2.78. The van der Waals surface area contributed by atoms with Gasteiger partial charge in [0.2, 0.25) is 11.1 Å². The first-order chi connectivity index (χ1) is 15.1. The number of carbonyl (C=O) groups excluding carboxylic acids is 1. The second-order valence-corrected chi connectivity index (χ2v) is 7.71. The van der Waals surface area contributed by atoms with Crippen molar-refractivity contribution in [3.63, 3.8) is 0 Å². The Morgan fingerprint density at radius 1 is 1.13 bits per heavy atom. The number of rotatable bonds is 11. The Bertz CT molecular complexity index is 1010. The van der Waals surface area contributed by atoms with Crippen LogP contribution in [0.5, 0.6) is 11.5 Å². The van der Waals surface area contributed by atoms with Crippen molar-refractivity contribution >= 4 is 29.3 Å². The minimum Gasteiger partial charge on any atom is -0.490 e. The minimum atomic E-state index is -0.102. The molecular formula is C21H24ClN5O3S. The van der Waals surface area contributed by atoms with E-state index in [2.05, 4.69) is 20.8 Å². The van der Waals surface area contributed by atoms with Gasteiger partial charge in [0.1, 0.15) is 0 Å². The highest BCUT2D eigenvalue weighted by molar-refractivity contribution is 7.99. The predicted octanol–water partition coefficient (Wildman–Crippen LogP) is 3.56. The van der Waals surface area contributed by atoms with E-state index < -0.39 is 0 Å². The summed E-state index contributed by atoms with van der Waals surface area (Å²) < 4.78 is 12.8. The van der Waals surface area contributed by atoms with E-state index in [0.717, 1.165) is 17.1 Å². The normalized spacial score (nSPS) is 10.7. The molecule has 1 N–H and O–H groups in total. The third-order valence-electron chi connectivity index (χ3n) is 4.20. The topological polar surface area (TPSA) is 91.2 Å². The average molecular weight is 462 g/mol. The summed E-state index contributed by atoms with van der Waals surface area (Å²) in [5.41, 5.74) is 1.72. The number of nitrogens with one attached hydrogen (secondary N) is 1. The zero-order valence-electron chi connectivity index (χ0n) is 17.4. The number of ether oxygens (including phenoxy) is 2. The molecule has 164 valence electrons. The highest BCUT2D eigenvalue weighted by Gasteiger charge is 2.13. The van der Waals surface area contributed by atoms with E-state index in [1.165, 1.54) is 16.4 Å². The summed E-state index contributed by atoms with van der Waals surface area (Å²) in [6.07, 6.45) is 0.681. The second-order valence-electron chi connectivity index (χ2n) is 6.36. The zero-order chi connectivity index (χ0) is 22.1. The van der Waals surface area contributed by atoms with E-state index in [1.54, 1.807) is 6.07 Å². The van der Waals surface area contributed by atoms with Crippen LogP contribution in [0.15, 0.2) is 47.6 Å². The molecule has 10 heteroatoms. The fraction of sp³-hybridized carbons (Fsp3) is 0.333. The summed E-state index contributed by atoms with van der Waals surface area (Å²) in [7, 11) is 0. The Labute approximate surface area is 190 Å². The first-order valence-corrected chi connectivity index (χ1v) is 11.3. The van der Waals surface area contributed by atoms with Crippen LogP contribution in [0.25, 0.3) is 5.69 Å². The molecule has 0 bridgehead atoms. The lowest BCUT2D eigenvalue weighted by Crippen LogP contribution is -2.27. The van der Waals surface area contributed by atoms with Crippen LogP contribution in [0.2, 0.25) is 5.02 Å². The van der Waals surface area contributed by atoms with Crippen molar-refractivity contribution in [1.29, 1.82) is 0 Å². The molecule has 0 atom stereocenters. The molecule has 0 saturated carbocycles. The van der Waals surface area contributed by atoms with Gasteiger partial charge in [-0.1, -0.05) is 41.6 Å². The van der Waals surface area contributed by atoms with Crippen molar-refractivity contribution in [1.82, 2.24) is 25.5 Å². The van der Waals surface area contributed by atoms with Crippen molar-refractivity contribution in [3.05, 3.63) is 53.1 Å². The van der Waals surface area contributed by atoms with Gasteiger partial charge in [0.25, 0.3) is 0 Å². The molecule has 3 rings (SSSR count). The number of aromatic nitrogens is 4. The first-order valence-electron chi connectivity index (χ1n) is 9.93. The molecule has 1 heterocycles. The van der Waals surface area contributed by atoms with Crippen molar-refractivity contribution in [2.45, 2.75) is 25.4 Å². The molecule has 0 aliphatic heterocycles. The maximum Gasteiger partial charge on any atom is 0.230 e. The summed E-state index contributed by atoms with van der Waals surface area (Å²) in [6, 6.07) is 13.1. The van der Waals surface area contributed by atoms with Gasteiger partial charge in [-0.3, -0.25) is 4.79 Å². The van der Waals surface area contributed by atoms with Crippen molar-refractivity contribution in [2.24, 2.45) is 0 Å². The molecule has 1 aromatic heterocycles. The Morgan fingerprint density at radius 3 is 2.68 bits per heavy atom. The van der Waals surface area contributed by atoms with Gasteiger partial charge in [0, 0.05) is 6.54 Å². The molecular weight excluding hydrogens is 438 g/mol. The molecule has 0 fully saturated rings. The minimum absolute atomic E-state index is 0.102. The molecule has 0 unspecified atom stereocenters. The maximum absolute atomic E-state index is 12.3. The molecule has 0 aliphatic rings. The van der Waals surface area contributed by atoms with Crippen molar-refractivity contribution in [2.75, 3.05) is 25.5 Å². The van der Waals surface area contributed by atoms with Gasteiger partial charge < -0.3 is 14.8 Å². The summed E-state index contributed by atoms with van der Waals surface area (Å²) in [5.74, 6) is 1.53. The van der Waals surface area contributed by atoms with Gasteiger partial charge in [-0.2, -0.15) is 4.68 Å². The predicted molar refractivity (Wildman–Crippen MR) is 120 cm³/mol. The van der Waals surface area contributed by atoms with E-state index in [0.29, 0.717) is 42.0 Å². The molecule has 0 spiro atoms. The van der Waals surface area contributed by atoms with Gasteiger partial charge in [0.05, 0.1) is 29.7 Å². The molecule has 0 radical (unpaired) electrons. The maximum atomic E-state index is 12.3. The van der Waals surface area contributed by atoms with Crippen LogP contribution in [0.1, 0.15) is 19.4 Å². The Morgan fingerprint density at radius 2 is 1.90 bits per heavy atom. The smallest absolute Gasteiger partial charge is 0.230 e. The lowest BCUT2D eigenvalue weighted by Gasteiger charge is -2.12. The zero-order valence-corrected chi connectivity index (χ0v) is 18.9. The number of amides is 1. The lowest BCUT2D eigenvalue weighted by atomic mass is 10.1. The van der Waals surface area contributed by atoms with Crippen molar-refractivity contribution < 1.29 is 14.3 Å². The van der Waals surface area contributed by atoms with E-state index in [4.69, 9.17) is 21.1 Å². The average Bonchev–Trinajstić information content (AvgIpc) is 3.23. The molecule has 0 saturated heterocycles. The summed E-state index contributed by atoms with van der Waals surface area (Å²) in [5, 5.41) is 15.6. The fourth-order valence-electron chi connectivity index (χ4n) is 2.82. The monoisotopic (exact) mass is 461 g/mol. The fourth-order valence-corrected chi connectivity index (χ4v) is 3.75. The van der Waals surface area contributed by atoms with Crippen molar-refractivity contribution in [3.8, 4) is 17.2 Å². The Balaban J connectivity index is 1.50. The van der Waals surface area contributed by atoms with Crippen LogP contribution in [0.3, 0.4) is 0 Å². The van der Waals surface area contributed by atoms with E-state index in [-0.39, 0.29) is 11.7 Å². The van der Waals surface area contributed by atoms with Crippen LogP contribution < -0.4 is 14.8 Å². The number of carbonyl (C=O) groups is 1. The van der Waals surface area contributed by atoms with Gasteiger partial charge in [-0.25, -0.2) is 0 Å². The SMILES string of the molecule is CCOc1ccc(CCNC(=O)CSc2nnnn2-c2ccccc2Cl)cc1OCC. The molecule has 1 amide bonds. The largest absolute Gasteiger partial charge is 0.490 e. The molecule has 0 aliphatic carbocycles. The van der Waals surface area contributed by atoms with Crippen LogP contribution in [-0.2, 0) is 11.2 Å². The van der Waals surface area contributed by atoms with Crippen LogP contribution >= 0.6 is 23.4 Å². The van der Waals surface area contributed by atoms with E-state index in [1.807, 2.05) is 50.2 Å². The molecule has 2 aromatic carbocycles. The quantitative estimate of drug-likeness (QED) is 0.436. The van der Waals surface area contributed by atoms with Gasteiger partial charge in [0.15, 0.2) is 11.5 Å². The van der Waals surface area contributed by atoms with Gasteiger partial charge in [-0.05, 0) is 60.5 Å². The number of thioether (sulfide) groups is 1. The summed E-state index contributed by atoms with van der Waals surface area (Å²) in [4.78, 5) is 12.3. The highest BCUT2D eigenvalue weighted by atomic mass is 35.5. The summed E-state index contributed by atoms with van der Waals surface area (Å²) in [6.45, 7) is 5.51. The third-order valence-corrected chi connectivity index (χ3v) is 5.44. The Kier molecular flexibility index (Phi) is 8.54. The number of para-hydroxylation sites is 1. The molecule has 3 aromatic rings. The third kappa shape index (κ3) is 6.35. The van der Waals surface area contributed by atoms with Gasteiger partial charge in [-0.15, -0.1) is 5.10 Å². The highest BCUT2D eigenvalue weighted by Crippen LogP contribution is 2.28.